The second-order valence-electron chi connectivity index (χ2n) is 10.1. The summed E-state index contributed by atoms with van der Waals surface area (Å²) in [5, 5.41) is 24.7. The number of thioether (sulfide) groups is 1. The van der Waals surface area contributed by atoms with Crippen LogP contribution in [-0.2, 0) is 30.5 Å². The Balaban J connectivity index is 1.53. The van der Waals surface area contributed by atoms with E-state index >= 15 is 0 Å². The molecule has 0 aliphatic carbocycles. The Morgan fingerprint density at radius 2 is 2.00 bits per heavy atom. The summed E-state index contributed by atoms with van der Waals surface area (Å²) in [5.41, 5.74) is 1.23. The molecule has 222 valence electrons. The SMILES string of the molecule is CNC(=O)C(OC)[n+]1cn2cc(C3=C(C(=O)OCc4ccc([N+](=O)[O-])cc4)N4C(=O)[C@H]([C@@H](C)O)[C@H]4[C@H]3C)sc2c1SC. The van der Waals surface area contributed by atoms with Crippen molar-refractivity contribution in [1.29, 1.82) is 0 Å². The lowest BCUT2D eigenvalue weighted by atomic mass is 9.77. The topological polar surface area (TPSA) is 157 Å². The molecule has 1 unspecified atom stereocenters. The predicted octanol–water partition coefficient (Wildman–Crippen LogP) is 2.12. The van der Waals surface area contributed by atoms with Crippen LogP contribution in [0.4, 0.5) is 5.69 Å². The van der Waals surface area contributed by atoms with Crippen LogP contribution in [-0.4, -0.2) is 69.7 Å². The minimum Gasteiger partial charge on any atom is -0.456 e. The molecule has 0 spiro atoms. The van der Waals surface area contributed by atoms with Crippen LogP contribution < -0.4 is 9.88 Å². The van der Waals surface area contributed by atoms with Crippen molar-refractivity contribution in [1.82, 2.24) is 14.6 Å². The van der Waals surface area contributed by atoms with Crippen molar-refractivity contribution in [3.63, 3.8) is 0 Å². The van der Waals surface area contributed by atoms with Gasteiger partial charge in [-0.15, -0.1) is 0 Å². The average molecular weight is 617 g/mol. The number of carbonyl (C=O) groups excluding carboxylic acids is 3. The first-order chi connectivity index (χ1) is 20.0. The molecule has 2 aromatic heterocycles. The van der Waals surface area contributed by atoms with Gasteiger partial charge in [0.2, 0.25) is 15.8 Å². The molecule has 1 fully saturated rings. The molecule has 3 aromatic rings. The van der Waals surface area contributed by atoms with Crippen molar-refractivity contribution in [3.8, 4) is 0 Å². The zero-order valence-electron chi connectivity index (χ0n) is 23.5. The van der Waals surface area contributed by atoms with Crippen LogP contribution in [0.3, 0.4) is 0 Å². The summed E-state index contributed by atoms with van der Waals surface area (Å²) >= 11 is 2.84. The number of hydrogen-bond acceptors (Lipinski definition) is 10. The van der Waals surface area contributed by atoms with Gasteiger partial charge in [0.25, 0.3) is 24.1 Å². The van der Waals surface area contributed by atoms with Crippen molar-refractivity contribution in [3.05, 3.63) is 63.0 Å². The van der Waals surface area contributed by atoms with Gasteiger partial charge in [0, 0.05) is 37.8 Å². The van der Waals surface area contributed by atoms with E-state index in [0.29, 0.717) is 11.1 Å². The van der Waals surface area contributed by atoms with Crippen LogP contribution in [0.25, 0.3) is 10.4 Å². The molecule has 2 aliphatic heterocycles. The van der Waals surface area contributed by atoms with E-state index in [-0.39, 0.29) is 35.7 Å². The molecule has 4 heterocycles. The fourth-order valence-corrected chi connectivity index (χ4v) is 7.85. The van der Waals surface area contributed by atoms with E-state index in [2.05, 4.69) is 5.32 Å². The van der Waals surface area contributed by atoms with E-state index in [1.165, 1.54) is 66.4 Å². The molecule has 2 aliphatic rings. The number of methoxy groups -OCH3 is 1. The van der Waals surface area contributed by atoms with Gasteiger partial charge in [-0.3, -0.25) is 19.7 Å². The number of fused-ring (bicyclic) bond motifs is 2. The Labute approximate surface area is 248 Å². The van der Waals surface area contributed by atoms with Gasteiger partial charge in [-0.2, -0.15) is 8.97 Å². The third kappa shape index (κ3) is 4.75. The zero-order valence-corrected chi connectivity index (χ0v) is 25.1. The molecule has 1 aromatic carbocycles. The molecule has 5 atom stereocenters. The molecule has 5 rings (SSSR count). The minimum atomic E-state index is -0.894. The number of nitro groups is 1. The highest BCUT2D eigenvalue weighted by atomic mass is 32.2. The summed E-state index contributed by atoms with van der Waals surface area (Å²) in [5.74, 6) is -2.30. The number of ether oxygens (including phenoxy) is 2. The van der Waals surface area contributed by atoms with Gasteiger partial charge in [0.15, 0.2) is 0 Å². The summed E-state index contributed by atoms with van der Waals surface area (Å²) in [6, 6.07) is 5.26. The number of likely N-dealkylation sites (N-methyl/N-ethyl adjacent to an activating group) is 1. The molecular weight excluding hydrogens is 586 g/mol. The number of nitrogens with one attached hydrogen (secondary N) is 1. The van der Waals surface area contributed by atoms with Crippen molar-refractivity contribution in [2.24, 2.45) is 11.8 Å². The van der Waals surface area contributed by atoms with Gasteiger partial charge in [0.05, 0.1) is 27.9 Å². The highest BCUT2D eigenvalue weighted by Gasteiger charge is 2.60. The summed E-state index contributed by atoms with van der Waals surface area (Å²) in [4.78, 5) is 52.6. The van der Waals surface area contributed by atoms with Crippen molar-refractivity contribution < 1.29 is 38.5 Å². The number of nitro benzene ring substituents is 1. The fourth-order valence-electron chi connectivity index (χ4n) is 5.67. The number of carbonyl (C=O) groups is 3. The maximum atomic E-state index is 13.6. The van der Waals surface area contributed by atoms with Crippen LogP contribution in [0.15, 0.2) is 47.5 Å². The zero-order chi connectivity index (χ0) is 30.5. The van der Waals surface area contributed by atoms with Gasteiger partial charge in [-0.1, -0.05) is 30.0 Å². The summed E-state index contributed by atoms with van der Waals surface area (Å²) < 4.78 is 14.6. The molecule has 13 nitrogen and oxygen atoms in total. The van der Waals surface area contributed by atoms with Crippen molar-refractivity contribution in [2.75, 3.05) is 20.4 Å². The number of nitrogens with zero attached hydrogens (tertiary/aromatic N) is 4. The Kier molecular flexibility index (Phi) is 8.11. The largest absolute Gasteiger partial charge is 0.456 e. The average Bonchev–Trinajstić information content (AvgIpc) is 3.59. The number of hydrogen-bond donors (Lipinski definition) is 2. The highest BCUT2D eigenvalue weighted by molar-refractivity contribution is 7.98. The van der Waals surface area contributed by atoms with E-state index in [1.54, 1.807) is 17.8 Å². The number of esters is 1. The van der Waals surface area contributed by atoms with Gasteiger partial charge in [-0.05, 0) is 30.9 Å². The number of imidazole rings is 1. The maximum Gasteiger partial charge on any atom is 0.355 e. The van der Waals surface area contributed by atoms with Crippen LogP contribution in [0.1, 0.15) is 30.5 Å². The molecule has 42 heavy (non-hydrogen) atoms. The fraction of sp³-hybridized carbons (Fsp3) is 0.407. The lowest BCUT2D eigenvalue weighted by molar-refractivity contribution is -0.774. The molecule has 15 heteroatoms. The van der Waals surface area contributed by atoms with Gasteiger partial charge >= 0.3 is 5.97 Å². The third-order valence-electron chi connectivity index (χ3n) is 7.65. The summed E-state index contributed by atoms with van der Waals surface area (Å²) in [7, 11) is 2.99. The van der Waals surface area contributed by atoms with Crippen LogP contribution in [0.5, 0.6) is 0 Å². The number of rotatable bonds is 10. The number of aromatic nitrogens is 2. The number of benzene rings is 1. The van der Waals surface area contributed by atoms with Gasteiger partial charge in [0.1, 0.15) is 18.5 Å². The summed E-state index contributed by atoms with van der Waals surface area (Å²) in [6.07, 6.45) is 3.70. The van der Waals surface area contributed by atoms with Gasteiger partial charge < -0.3 is 24.8 Å². The molecule has 2 N–H and O–H groups in total. The maximum absolute atomic E-state index is 13.6. The van der Waals surface area contributed by atoms with Gasteiger partial charge in [-0.25, -0.2) is 4.79 Å². The predicted molar refractivity (Wildman–Crippen MR) is 152 cm³/mol. The van der Waals surface area contributed by atoms with E-state index in [9.17, 15) is 29.6 Å². The molecule has 2 amide bonds. The first-order valence-electron chi connectivity index (χ1n) is 13.0. The van der Waals surface area contributed by atoms with Crippen molar-refractivity contribution >= 4 is 57.0 Å². The van der Waals surface area contributed by atoms with E-state index in [0.717, 1.165) is 14.7 Å². The second-order valence-corrected chi connectivity index (χ2v) is 11.9. The number of β-lactam (4-membered cyclic amide) rings is 1. The minimum absolute atomic E-state index is 0.0787. The molecule has 0 saturated carbocycles. The monoisotopic (exact) mass is 616 g/mol. The van der Waals surface area contributed by atoms with E-state index in [1.807, 2.05) is 23.8 Å². The lowest BCUT2D eigenvalue weighted by Gasteiger charge is -2.46. The van der Waals surface area contributed by atoms with Crippen LogP contribution in [0.2, 0.25) is 0 Å². The number of aliphatic hydroxyl groups is 1. The first-order valence-corrected chi connectivity index (χ1v) is 15.1. The number of non-ortho nitro benzene ring substituents is 1. The Bertz CT molecular complexity index is 1610. The lowest BCUT2D eigenvalue weighted by Crippen LogP contribution is -2.63. The molecular formula is C27H30N5O8S2+. The summed E-state index contributed by atoms with van der Waals surface area (Å²) in [6.45, 7) is 3.34. The quantitative estimate of drug-likeness (QED) is 0.0870. The molecule has 0 bridgehead atoms. The smallest absolute Gasteiger partial charge is 0.355 e. The number of aliphatic hydroxyl groups excluding tert-OH is 1. The van der Waals surface area contributed by atoms with E-state index in [4.69, 9.17) is 9.47 Å². The van der Waals surface area contributed by atoms with Crippen LogP contribution >= 0.6 is 23.1 Å². The number of amides is 2. The third-order valence-corrected chi connectivity index (χ3v) is 9.71. The second kappa shape index (κ2) is 11.5. The molecule has 0 radical (unpaired) electrons. The van der Waals surface area contributed by atoms with Crippen LogP contribution in [0, 0.1) is 22.0 Å². The highest BCUT2D eigenvalue weighted by Crippen LogP contribution is 2.52. The first kappa shape index (κ1) is 29.7. The normalized spacial score (nSPS) is 21.2. The Morgan fingerprint density at radius 1 is 1.31 bits per heavy atom. The Morgan fingerprint density at radius 3 is 2.57 bits per heavy atom. The Hall–Kier alpha value is -3.79. The number of thiazole rings is 1. The van der Waals surface area contributed by atoms with Crippen molar-refractivity contribution in [2.45, 2.75) is 43.9 Å². The molecule has 1 saturated heterocycles. The standard InChI is InChI=1S/C27H29N5O8S2/c1-13-18(17-10-29-12-30(24(39-4)22(34)28-3)26(41-5)25(29)42-17)21(31-20(13)19(14(2)33)23(31)35)27(36)40-11-15-6-8-16(9-7-15)32(37)38/h6-10,12-14,19-20,24,33H,11H2,1-5H3/p+1/t13-,14+,19+,20+,24?/m0/s1. The van der Waals surface area contributed by atoms with E-state index < -0.39 is 35.2 Å².